The van der Waals surface area contributed by atoms with Crippen LogP contribution in [-0.4, -0.2) is 0 Å². The fourth-order valence-corrected chi connectivity index (χ4v) is 0.759. The first-order chi connectivity index (χ1) is 6.33. The van der Waals surface area contributed by atoms with Crippen LogP contribution >= 0.6 is 0 Å². The Bertz CT molecular complexity index is 149. The molecule has 0 rings (SSSR count). The van der Waals surface area contributed by atoms with Crippen molar-refractivity contribution >= 4 is 0 Å². The summed E-state index contributed by atoms with van der Waals surface area (Å²) in [4.78, 5) is 0. The predicted molar refractivity (Wildman–Crippen MR) is 59.4 cm³/mol. The molecule has 0 radical (unpaired) electrons. The van der Waals surface area contributed by atoms with Gasteiger partial charge in [-0.1, -0.05) is 25.3 Å². The molecule has 0 aliphatic rings. The first-order valence-corrected chi connectivity index (χ1v) is 5.93. The molecule has 0 aliphatic heterocycles. The first kappa shape index (κ1) is 15.0. The van der Waals surface area contributed by atoms with E-state index < -0.39 is 0 Å². The summed E-state index contributed by atoms with van der Waals surface area (Å²) in [5.41, 5.74) is 0. The zero-order chi connectivity index (χ0) is 10.4. The molecule has 0 saturated heterocycles. The third-order valence-corrected chi connectivity index (χ3v) is 1.59. The van der Waals surface area contributed by atoms with E-state index in [0.29, 0.717) is 0 Å². The van der Waals surface area contributed by atoms with E-state index in [9.17, 15) is 0 Å². The van der Waals surface area contributed by atoms with E-state index in [4.69, 9.17) is 0 Å². The summed E-state index contributed by atoms with van der Waals surface area (Å²) in [6.45, 7) is 8.91. The topological polar surface area (TPSA) is 0 Å². The molecule has 0 fully saturated rings. The number of hydrogen-bond donors (Lipinski definition) is 0. The molecule has 0 N–H and O–H groups in total. The van der Waals surface area contributed by atoms with Crippen LogP contribution < -0.4 is 0 Å². The number of hydrogen-bond acceptors (Lipinski definition) is 0. The van der Waals surface area contributed by atoms with Crippen LogP contribution in [-0.2, 0) is 14.7 Å². The molecule has 1 heteroatoms. The van der Waals surface area contributed by atoms with Gasteiger partial charge in [0.25, 0.3) is 0 Å². The van der Waals surface area contributed by atoms with Crippen molar-refractivity contribution in [1.29, 1.82) is 0 Å². The normalized spacial score (nSPS) is 10.0. The van der Waals surface area contributed by atoms with Crippen LogP contribution in [0.15, 0.2) is 48.5 Å². The Labute approximate surface area is 89.1 Å². The van der Waals surface area contributed by atoms with Gasteiger partial charge < -0.3 is 0 Å². The van der Waals surface area contributed by atoms with Crippen LogP contribution in [0.1, 0.15) is 19.8 Å². The molecule has 0 aliphatic carbocycles. The van der Waals surface area contributed by atoms with Gasteiger partial charge in [0.1, 0.15) is 0 Å². The van der Waals surface area contributed by atoms with Crippen molar-refractivity contribution in [2.24, 2.45) is 0 Å². The van der Waals surface area contributed by atoms with E-state index in [1.165, 1.54) is 27.5 Å². The minimum absolute atomic E-state index is 1.20. The summed E-state index contributed by atoms with van der Waals surface area (Å²) in [6.07, 6.45) is 12.1. The molecule has 0 aromatic heterocycles. The van der Waals surface area contributed by atoms with Crippen molar-refractivity contribution < 1.29 is 14.7 Å². The molecule has 0 amide bonds. The van der Waals surface area contributed by atoms with Crippen LogP contribution in [0.5, 0.6) is 0 Å². The zero-order valence-corrected chi connectivity index (χ0v) is 9.67. The third kappa shape index (κ3) is 24.6. The van der Waals surface area contributed by atoms with Crippen LogP contribution in [0.3, 0.4) is 0 Å². The Hall–Kier alpha value is -0.534. The summed E-state index contributed by atoms with van der Waals surface area (Å²) < 4.78 is 0. The maximum atomic E-state index is 3.36. The monoisotopic (exact) mass is 223 g/mol. The van der Waals surface area contributed by atoms with Gasteiger partial charge in [-0.25, -0.2) is 0 Å². The molecular formula is C12H20Co. The number of rotatable bonds is 5. The quantitative estimate of drug-likeness (QED) is 0.608. The van der Waals surface area contributed by atoms with Crippen molar-refractivity contribution in [2.75, 3.05) is 0 Å². The average Bonchev–Trinajstić information content (AvgIpc) is 2.18. The van der Waals surface area contributed by atoms with E-state index in [2.05, 4.69) is 49.2 Å². The summed E-state index contributed by atoms with van der Waals surface area (Å²) in [7, 11) is 0. The molecule has 77 valence electrons. The van der Waals surface area contributed by atoms with E-state index in [1.54, 1.807) is 12.2 Å². The molecule has 0 atom stereocenters. The Balaban J connectivity index is 0. The van der Waals surface area contributed by atoms with Gasteiger partial charge >= 0.3 is 63.6 Å². The Morgan fingerprint density at radius 2 is 1.77 bits per heavy atom. The molecule has 0 spiro atoms. The van der Waals surface area contributed by atoms with Gasteiger partial charge in [-0.15, -0.1) is 0 Å². The first-order valence-electron chi connectivity index (χ1n) is 4.29. The molecule has 0 aromatic carbocycles. The van der Waals surface area contributed by atoms with Crippen molar-refractivity contribution in [2.45, 2.75) is 25.6 Å². The molecule has 0 bridgehead atoms. The summed E-state index contributed by atoms with van der Waals surface area (Å²) in [5, 5.41) is 2.13. The molecule has 0 unspecified atom stereocenters. The molecule has 13 heavy (non-hydrogen) atoms. The zero-order valence-electron chi connectivity index (χ0n) is 8.63. The fourth-order valence-electron chi connectivity index (χ4n) is 0.443. The van der Waals surface area contributed by atoms with Gasteiger partial charge in [-0.05, 0) is 0 Å². The van der Waals surface area contributed by atoms with Gasteiger partial charge in [0.15, 0.2) is 0 Å². The predicted octanol–water partition coefficient (Wildman–Crippen LogP) is 4.35. The number of unbranched alkanes of at least 4 members (excludes halogenated alkanes) is 1. The molecule has 0 heterocycles. The van der Waals surface area contributed by atoms with Gasteiger partial charge in [0, 0.05) is 0 Å². The van der Waals surface area contributed by atoms with E-state index in [-0.39, 0.29) is 0 Å². The van der Waals surface area contributed by atoms with Crippen LogP contribution in [0.4, 0.5) is 0 Å². The van der Waals surface area contributed by atoms with Crippen LogP contribution in [0.2, 0.25) is 5.86 Å². The molecule has 0 saturated carbocycles. The Kier molecular flexibility index (Phi) is 20.2. The van der Waals surface area contributed by atoms with Crippen LogP contribution in [0.25, 0.3) is 0 Å². The average molecular weight is 223 g/mol. The number of allylic oxidation sites excluding steroid dienone is 5. The standard InChI is InChI=1S/C7H11.C4H6.CH3.Co/c1-3-5-7-6-4-2;1-3-4-2;;/h1,3,5,7H,4,6H2,2H3;3-4H,1-2H2;1H3;/b3-1?,7-5+;;;. The van der Waals surface area contributed by atoms with Gasteiger partial charge in [-0.3, -0.25) is 0 Å². The van der Waals surface area contributed by atoms with E-state index in [1.807, 2.05) is 0 Å². The Morgan fingerprint density at radius 3 is 2.15 bits per heavy atom. The van der Waals surface area contributed by atoms with Crippen molar-refractivity contribution in [3.63, 3.8) is 0 Å². The fraction of sp³-hybridized carbons (Fsp3) is 0.333. The van der Waals surface area contributed by atoms with E-state index >= 15 is 0 Å². The summed E-state index contributed by atoms with van der Waals surface area (Å²) >= 11 is 1.36. The minimum atomic E-state index is 1.20. The summed E-state index contributed by atoms with van der Waals surface area (Å²) in [6, 6.07) is 0. The Morgan fingerprint density at radius 1 is 1.15 bits per heavy atom. The van der Waals surface area contributed by atoms with Gasteiger partial charge in [-0.2, -0.15) is 0 Å². The van der Waals surface area contributed by atoms with Crippen molar-refractivity contribution in [3.05, 3.63) is 48.5 Å². The van der Waals surface area contributed by atoms with Gasteiger partial charge in [0.2, 0.25) is 0 Å². The molecular weight excluding hydrogens is 203 g/mol. The second-order valence-corrected chi connectivity index (χ2v) is 3.13. The second-order valence-electron chi connectivity index (χ2n) is 2.18. The molecule has 0 nitrogen and oxygen atoms in total. The molecule has 0 aromatic rings. The third-order valence-electron chi connectivity index (χ3n) is 1.04. The van der Waals surface area contributed by atoms with Gasteiger partial charge in [0.05, 0.1) is 0 Å². The van der Waals surface area contributed by atoms with E-state index in [0.717, 1.165) is 0 Å². The summed E-state index contributed by atoms with van der Waals surface area (Å²) in [5.74, 6) is 2.11. The van der Waals surface area contributed by atoms with Crippen molar-refractivity contribution in [1.82, 2.24) is 0 Å². The SMILES string of the molecule is C=CC=C.CCC/C=C/C=[CH]/[Co][CH3]. The maximum absolute atomic E-state index is 3.36. The van der Waals surface area contributed by atoms with Crippen LogP contribution in [0, 0.1) is 0 Å². The second kappa shape index (κ2) is 17.5. The van der Waals surface area contributed by atoms with Crippen molar-refractivity contribution in [3.8, 4) is 0 Å².